The van der Waals surface area contributed by atoms with Gasteiger partial charge in [-0.05, 0) is 45.1 Å². The van der Waals surface area contributed by atoms with Crippen LogP contribution in [0.1, 0.15) is 37.3 Å². The minimum atomic E-state index is 0. The average Bonchev–Trinajstić information content (AvgIpc) is 2.67. The van der Waals surface area contributed by atoms with E-state index in [4.69, 9.17) is 14.5 Å². The van der Waals surface area contributed by atoms with Gasteiger partial charge in [-0.25, -0.2) is 0 Å². The SMILES string of the molecule is CCNC(=NCCc1ccc(C)cc1)N1CCC(OCCCOC)CC1.I. The summed E-state index contributed by atoms with van der Waals surface area (Å²) in [6, 6.07) is 8.73. The summed E-state index contributed by atoms with van der Waals surface area (Å²) in [5, 5.41) is 3.44. The number of nitrogens with one attached hydrogen (secondary N) is 1. The van der Waals surface area contributed by atoms with E-state index in [2.05, 4.69) is 48.3 Å². The maximum absolute atomic E-state index is 5.95. The van der Waals surface area contributed by atoms with Gasteiger partial charge in [0.15, 0.2) is 5.96 Å². The predicted molar refractivity (Wildman–Crippen MR) is 123 cm³/mol. The molecule has 0 amide bonds. The maximum atomic E-state index is 5.95. The summed E-state index contributed by atoms with van der Waals surface area (Å²) in [5.41, 5.74) is 2.65. The topological polar surface area (TPSA) is 46.1 Å². The van der Waals surface area contributed by atoms with Crippen LogP contribution in [0.5, 0.6) is 0 Å². The molecule has 1 aliphatic rings. The number of piperidine rings is 1. The Kier molecular flexibility index (Phi) is 12.7. The normalized spacial score (nSPS) is 15.5. The van der Waals surface area contributed by atoms with Crippen LogP contribution in [-0.2, 0) is 15.9 Å². The van der Waals surface area contributed by atoms with Crippen LogP contribution in [-0.4, -0.2) is 63.5 Å². The predicted octanol–water partition coefficient (Wildman–Crippen LogP) is 3.64. The van der Waals surface area contributed by atoms with Gasteiger partial charge in [0.05, 0.1) is 6.10 Å². The van der Waals surface area contributed by atoms with E-state index in [1.54, 1.807) is 7.11 Å². The highest BCUT2D eigenvalue weighted by Crippen LogP contribution is 2.14. The second kappa shape index (κ2) is 14.2. The molecule has 1 aromatic carbocycles. The number of hydrogen-bond donors (Lipinski definition) is 1. The molecule has 2 rings (SSSR count). The Balaban J connectivity index is 0.00000364. The highest BCUT2D eigenvalue weighted by atomic mass is 127. The molecule has 0 aromatic heterocycles. The van der Waals surface area contributed by atoms with Gasteiger partial charge in [-0.3, -0.25) is 4.99 Å². The van der Waals surface area contributed by atoms with Gasteiger partial charge >= 0.3 is 0 Å². The van der Waals surface area contributed by atoms with Crippen molar-refractivity contribution in [2.45, 2.75) is 45.6 Å². The molecule has 0 atom stereocenters. The van der Waals surface area contributed by atoms with Gasteiger partial charge in [0.1, 0.15) is 0 Å². The standard InChI is InChI=1S/C21H35N3O2.HI/c1-4-22-21(23-13-10-19-8-6-18(2)7-9-19)24-14-11-20(12-15-24)26-17-5-16-25-3;/h6-9,20H,4-5,10-17H2,1-3H3,(H,22,23);1H. The van der Waals surface area contributed by atoms with Crippen molar-refractivity contribution in [2.75, 3.05) is 46.5 Å². The van der Waals surface area contributed by atoms with Crippen LogP contribution in [0.2, 0.25) is 0 Å². The first-order chi connectivity index (χ1) is 12.7. The van der Waals surface area contributed by atoms with Gasteiger partial charge in [0.25, 0.3) is 0 Å². The molecular weight excluding hydrogens is 453 g/mol. The maximum Gasteiger partial charge on any atom is 0.193 e. The number of nitrogens with zero attached hydrogens (tertiary/aromatic N) is 2. The molecule has 0 radical (unpaired) electrons. The number of halogens is 1. The van der Waals surface area contributed by atoms with Crippen molar-refractivity contribution in [3.05, 3.63) is 35.4 Å². The fraction of sp³-hybridized carbons (Fsp3) is 0.667. The Bertz CT molecular complexity index is 529. The number of aliphatic imine (C=N–C) groups is 1. The average molecular weight is 489 g/mol. The lowest BCUT2D eigenvalue weighted by Crippen LogP contribution is -2.47. The third-order valence-electron chi connectivity index (χ3n) is 4.71. The Morgan fingerprint density at radius 3 is 2.52 bits per heavy atom. The van der Waals surface area contributed by atoms with E-state index in [1.165, 1.54) is 11.1 Å². The van der Waals surface area contributed by atoms with E-state index in [1.807, 2.05) is 0 Å². The summed E-state index contributed by atoms with van der Waals surface area (Å²) >= 11 is 0. The van der Waals surface area contributed by atoms with Gasteiger partial charge in [-0.2, -0.15) is 0 Å². The van der Waals surface area contributed by atoms with Crippen LogP contribution in [0.25, 0.3) is 0 Å². The molecular formula is C21H36IN3O2. The van der Waals surface area contributed by atoms with Crippen LogP contribution in [0, 0.1) is 6.92 Å². The van der Waals surface area contributed by atoms with Gasteiger partial charge in [-0.1, -0.05) is 29.8 Å². The molecule has 27 heavy (non-hydrogen) atoms. The lowest BCUT2D eigenvalue weighted by Gasteiger charge is -2.34. The number of methoxy groups -OCH3 is 1. The van der Waals surface area contributed by atoms with Crippen molar-refractivity contribution in [1.29, 1.82) is 0 Å². The summed E-state index contributed by atoms with van der Waals surface area (Å²) in [6.07, 6.45) is 4.46. The molecule has 0 bridgehead atoms. The molecule has 1 fully saturated rings. The third kappa shape index (κ3) is 9.25. The summed E-state index contributed by atoms with van der Waals surface area (Å²) in [6.45, 7) is 9.55. The second-order valence-corrected chi connectivity index (χ2v) is 6.87. The van der Waals surface area contributed by atoms with Crippen molar-refractivity contribution in [2.24, 2.45) is 4.99 Å². The van der Waals surface area contributed by atoms with E-state index in [9.17, 15) is 0 Å². The van der Waals surface area contributed by atoms with E-state index in [-0.39, 0.29) is 24.0 Å². The van der Waals surface area contributed by atoms with Gasteiger partial charge in [0, 0.05) is 46.5 Å². The Hall–Kier alpha value is -0.860. The van der Waals surface area contributed by atoms with Crippen LogP contribution in [0.15, 0.2) is 29.3 Å². The lowest BCUT2D eigenvalue weighted by molar-refractivity contribution is 0.00991. The van der Waals surface area contributed by atoms with Crippen molar-refractivity contribution in [1.82, 2.24) is 10.2 Å². The number of likely N-dealkylation sites (tertiary alicyclic amines) is 1. The molecule has 1 aromatic rings. The minimum Gasteiger partial charge on any atom is -0.385 e. The van der Waals surface area contributed by atoms with Crippen molar-refractivity contribution >= 4 is 29.9 Å². The zero-order chi connectivity index (χ0) is 18.6. The van der Waals surface area contributed by atoms with Crippen LogP contribution < -0.4 is 5.32 Å². The first kappa shape index (κ1) is 24.2. The third-order valence-corrected chi connectivity index (χ3v) is 4.71. The van der Waals surface area contributed by atoms with Crippen molar-refractivity contribution in [3.63, 3.8) is 0 Å². The molecule has 0 unspecified atom stereocenters. The number of aryl methyl sites for hydroxylation is 1. The van der Waals surface area contributed by atoms with Gasteiger partial charge < -0.3 is 19.7 Å². The minimum absolute atomic E-state index is 0. The summed E-state index contributed by atoms with van der Waals surface area (Å²) in [5.74, 6) is 1.04. The molecule has 0 aliphatic carbocycles. The number of guanidine groups is 1. The van der Waals surface area contributed by atoms with E-state index < -0.39 is 0 Å². The molecule has 5 nitrogen and oxygen atoms in total. The molecule has 1 aliphatic heterocycles. The monoisotopic (exact) mass is 489 g/mol. The first-order valence-corrected chi connectivity index (χ1v) is 9.92. The van der Waals surface area contributed by atoms with Crippen LogP contribution in [0.3, 0.4) is 0 Å². The Labute approximate surface area is 181 Å². The highest BCUT2D eigenvalue weighted by Gasteiger charge is 2.21. The largest absolute Gasteiger partial charge is 0.385 e. The smallest absolute Gasteiger partial charge is 0.193 e. The lowest BCUT2D eigenvalue weighted by atomic mass is 10.1. The number of rotatable bonds is 9. The molecule has 6 heteroatoms. The first-order valence-electron chi connectivity index (χ1n) is 9.92. The van der Waals surface area contributed by atoms with Gasteiger partial charge in [-0.15, -0.1) is 24.0 Å². The molecule has 0 spiro atoms. The van der Waals surface area contributed by atoms with Crippen molar-refractivity contribution < 1.29 is 9.47 Å². The molecule has 1 N–H and O–H groups in total. The fourth-order valence-electron chi connectivity index (χ4n) is 3.16. The quantitative estimate of drug-likeness (QED) is 0.249. The van der Waals surface area contributed by atoms with E-state index >= 15 is 0 Å². The molecule has 154 valence electrons. The zero-order valence-corrected chi connectivity index (χ0v) is 19.4. The number of hydrogen-bond acceptors (Lipinski definition) is 3. The molecule has 0 saturated carbocycles. The van der Waals surface area contributed by atoms with Crippen molar-refractivity contribution in [3.8, 4) is 0 Å². The highest BCUT2D eigenvalue weighted by molar-refractivity contribution is 14.0. The number of benzene rings is 1. The van der Waals surface area contributed by atoms with E-state index in [0.29, 0.717) is 6.10 Å². The fourth-order valence-corrected chi connectivity index (χ4v) is 3.16. The molecule has 1 heterocycles. The second-order valence-electron chi connectivity index (χ2n) is 6.87. The summed E-state index contributed by atoms with van der Waals surface area (Å²) in [7, 11) is 1.74. The summed E-state index contributed by atoms with van der Waals surface area (Å²) in [4.78, 5) is 7.21. The Morgan fingerprint density at radius 2 is 1.89 bits per heavy atom. The zero-order valence-electron chi connectivity index (χ0n) is 17.1. The van der Waals surface area contributed by atoms with Gasteiger partial charge in [0.2, 0.25) is 0 Å². The Morgan fingerprint density at radius 1 is 1.19 bits per heavy atom. The van der Waals surface area contributed by atoms with Crippen LogP contribution in [0.4, 0.5) is 0 Å². The van der Waals surface area contributed by atoms with E-state index in [0.717, 1.165) is 71.0 Å². The molecule has 1 saturated heterocycles. The summed E-state index contributed by atoms with van der Waals surface area (Å²) < 4.78 is 11.0. The van der Waals surface area contributed by atoms with Crippen LogP contribution >= 0.6 is 24.0 Å². The number of ether oxygens (including phenoxy) is 2.